The van der Waals surface area contributed by atoms with Crippen molar-refractivity contribution in [3.63, 3.8) is 0 Å². The van der Waals surface area contributed by atoms with Gasteiger partial charge in [-0.15, -0.1) is 0 Å². The van der Waals surface area contributed by atoms with Crippen molar-refractivity contribution in [3.05, 3.63) is 0 Å². The molecule has 0 radical (unpaired) electrons. The van der Waals surface area contributed by atoms with Gasteiger partial charge in [-0.05, 0) is 40.0 Å². The zero-order valence-electron chi connectivity index (χ0n) is 9.71. The lowest BCUT2D eigenvalue weighted by molar-refractivity contribution is -0.133. The Balaban J connectivity index is 2.50. The quantitative estimate of drug-likeness (QED) is 0.704. The van der Waals surface area contributed by atoms with E-state index in [-0.39, 0.29) is 11.9 Å². The summed E-state index contributed by atoms with van der Waals surface area (Å²) in [6, 6.07) is 0. The van der Waals surface area contributed by atoms with E-state index >= 15 is 0 Å². The molecule has 1 aliphatic rings. The zero-order valence-corrected chi connectivity index (χ0v) is 9.71. The number of hydrogen-bond donors (Lipinski definition) is 0. The van der Waals surface area contributed by atoms with Gasteiger partial charge in [-0.1, -0.05) is 0 Å². The second-order valence-corrected chi connectivity index (χ2v) is 4.48. The van der Waals surface area contributed by atoms with Crippen LogP contribution in [0.15, 0.2) is 0 Å². The van der Waals surface area contributed by atoms with Crippen molar-refractivity contribution < 1.29 is 14.3 Å². The molecule has 0 aromatic heterocycles. The highest BCUT2D eigenvalue weighted by atomic mass is 16.6. The molecule has 0 bridgehead atoms. The standard InChI is InChI=1S/C11H19NO3/c1-9(13)11(2,3)15-10(14)12-7-5-4-6-8-12/h4-8H2,1-3H3. The number of carbonyl (C=O) groups excluding carboxylic acids is 2. The molecule has 0 saturated carbocycles. The van der Waals surface area contributed by atoms with E-state index in [1.54, 1.807) is 18.7 Å². The van der Waals surface area contributed by atoms with Gasteiger partial charge >= 0.3 is 6.09 Å². The number of Topliss-reactive ketones (excluding diaryl/α,β-unsaturated/α-hetero) is 1. The number of amides is 1. The predicted molar refractivity (Wildman–Crippen MR) is 56.7 cm³/mol. The van der Waals surface area contributed by atoms with Crippen molar-refractivity contribution in [3.8, 4) is 0 Å². The number of ketones is 1. The van der Waals surface area contributed by atoms with Crippen LogP contribution in [-0.2, 0) is 9.53 Å². The number of hydrogen-bond acceptors (Lipinski definition) is 3. The first-order valence-corrected chi connectivity index (χ1v) is 5.42. The first kappa shape index (κ1) is 12.0. The molecule has 0 spiro atoms. The Bertz CT molecular complexity index is 255. The van der Waals surface area contributed by atoms with Crippen LogP contribution in [0.25, 0.3) is 0 Å². The van der Waals surface area contributed by atoms with E-state index in [0.717, 1.165) is 25.9 Å². The van der Waals surface area contributed by atoms with E-state index in [2.05, 4.69) is 0 Å². The number of likely N-dealkylation sites (tertiary alicyclic amines) is 1. The average Bonchev–Trinajstić information content (AvgIpc) is 2.18. The Morgan fingerprint density at radius 2 is 1.67 bits per heavy atom. The van der Waals surface area contributed by atoms with E-state index in [9.17, 15) is 9.59 Å². The third-order valence-corrected chi connectivity index (χ3v) is 2.80. The van der Waals surface area contributed by atoms with Crippen LogP contribution < -0.4 is 0 Å². The van der Waals surface area contributed by atoms with E-state index in [0.29, 0.717) is 0 Å². The van der Waals surface area contributed by atoms with Gasteiger partial charge in [0.05, 0.1) is 0 Å². The van der Waals surface area contributed by atoms with Crippen LogP contribution in [0.1, 0.15) is 40.0 Å². The summed E-state index contributed by atoms with van der Waals surface area (Å²) in [5.74, 6) is -0.132. The summed E-state index contributed by atoms with van der Waals surface area (Å²) in [7, 11) is 0. The summed E-state index contributed by atoms with van der Waals surface area (Å²) >= 11 is 0. The summed E-state index contributed by atoms with van der Waals surface area (Å²) in [5.41, 5.74) is -1.01. The smallest absolute Gasteiger partial charge is 0.410 e. The van der Waals surface area contributed by atoms with E-state index in [1.807, 2.05) is 0 Å². The molecular formula is C11H19NO3. The fraction of sp³-hybridized carbons (Fsp3) is 0.818. The van der Waals surface area contributed by atoms with Gasteiger partial charge < -0.3 is 9.64 Å². The van der Waals surface area contributed by atoms with Crippen LogP contribution in [0.3, 0.4) is 0 Å². The lowest BCUT2D eigenvalue weighted by Crippen LogP contribution is -2.43. The largest absolute Gasteiger partial charge is 0.435 e. The monoisotopic (exact) mass is 213 g/mol. The maximum absolute atomic E-state index is 11.7. The van der Waals surface area contributed by atoms with Crippen LogP contribution >= 0.6 is 0 Å². The minimum atomic E-state index is -1.01. The molecule has 0 aliphatic carbocycles. The number of ether oxygens (including phenoxy) is 1. The Kier molecular flexibility index (Phi) is 3.72. The van der Waals surface area contributed by atoms with Gasteiger partial charge in [0.2, 0.25) is 0 Å². The second-order valence-electron chi connectivity index (χ2n) is 4.48. The molecule has 1 fully saturated rings. The SMILES string of the molecule is CC(=O)C(C)(C)OC(=O)N1CCCCC1. The fourth-order valence-electron chi connectivity index (χ4n) is 1.43. The van der Waals surface area contributed by atoms with Gasteiger partial charge in [-0.3, -0.25) is 4.79 Å². The Labute approximate surface area is 90.6 Å². The van der Waals surface area contributed by atoms with E-state index < -0.39 is 5.60 Å². The Morgan fingerprint density at radius 1 is 1.13 bits per heavy atom. The second kappa shape index (κ2) is 4.64. The van der Waals surface area contributed by atoms with Crippen molar-refractivity contribution in [2.75, 3.05) is 13.1 Å². The fourth-order valence-corrected chi connectivity index (χ4v) is 1.43. The molecule has 0 N–H and O–H groups in total. The zero-order chi connectivity index (χ0) is 11.5. The summed E-state index contributed by atoms with van der Waals surface area (Å²) in [4.78, 5) is 24.5. The van der Waals surface area contributed by atoms with E-state index in [1.165, 1.54) is 13.3 Å². The highest BCUT2D eigenvalue weighted by Crippen LogP contribution is 2.16. The number of rotatable bonds is 2. The number of nitrogens with zero attached hydrogens (tertiary/aromatic N) is 1. The Hall–Kier alpha value is -1.06. The lowest BCUT2D eigenvalue weighted by Gasteiger charge is -2.30. The minimum Gasteiger partial charge on any atom is -0.435 e. The molecule has 1 saturated heterocycles. The summed E-state index contributed by atoms with van der Waals surface area (Å²) < 4.78 is 5.18. The van der Waals surface area contributed by atoms with Crippen molar-refractivity contribution in [2.45, 2.75) is 45.6 Å². The van der Waals surface area contributed by atoms with Gasteiger partial charge in [0.25, 0.3) is 0 Å². The molecule has 1 heterocycles. The maximum Gasteiger partial charge on any atom is 0.410 e. The summed E-state index contributed by atoms with van der Waals surface area (Å²) in [6.07, 6.45) is 2.85. The molecule has 0 aromatic carbocycles. The molecule has 15 heavy (non-hydrogen) atoms. The highest BCUT2D eigenvalue weighted by Gasteiger charge is 2.30. The maximum atomic E-state index is 11.7. The highest BCUT2D eigenvalue weighted by molar-refractivity contribution is 5.86. The van der Waals surface area contributed by atoms with Gasteiger partial charge in [0, 0.05) is 13.1 Å². The molecule has 0 unspecified atom stereocenters. The van der Waals surface area contributed by atoms with Crippen LogP contribution in [0, 0.1) is 0 Å². The van der Waals surface area contributed by atoms with Crippen molar-refractivity contribution >= 4 is 11.9 Å². The van der Waals surface area contributed by atoms with Crippen LogP contribution in [-0.4, -0.2) is 35.5 Å². The third kappa shape index (κ3) is 3.22. The normalized spacial score (nSPS) is 17.4. The molecule has 86 valence electrons. The molecule has 1 amide bonds. The van der Waals surface area contributed by atoms with Gasteiger partial charge in [-0.25, -0.2) is 4.79 Å². The van der Waals surface area contributed by atoms with Crippen molar-refractivity contribution in [1.29, 1.82) is 0 Å². The molecular weight excluding hydrogens is 194 g/mol. The topological polar surface area (TPSA) is 46.6 Å². The van der Waals surface area contributed by atoms with Crippen LogP contribution in [0.2, 0.25) is 0 Å². The molecule has 1 aliphatic heterocycles. The average molecular weight is 213 g/mol. The van der Waals surface area contributed by atoms with Crippen molar-refractivity contribution in [2.24, 2.45) is 0 Å². The molecule has 0 aromatic rings. The van der Waals surface area contributed by atoms with Gasteiger partial charge in [-0.2, -0.15) is 0 Å². The lowest BCUT2D eigenvalue weighted by atomic mass is 10.1. The van der Waals surface area contributed by atoms with Crippen LogP contribution in [0.4, 0.5) is 4.79 Å². The van der Waals surface area contributed by atoms with Gasteiger partial charge in [0.15, 0.2) is 11.4 Å². The van der Waals surface area contributed by atoms with E-state index in [4.69, 9.17) is 4.74 Å². The first-order chi connectivity index (χ1) is 6.93. The molecule has 4 heteroatoms. The molecule has 0 atom stereocenters. The summed E-state index contributed by atoms with van der Waals surface area (Å²) in [6.45, 7) is 6.16. The minimum absolute atomic E-state index is 0.132. The van der Waals surface area contributed by atoms with Crippen molar-refractivity contribution in [1.82, 2.24) is 4.90 Å². The molecule has 4 nitrogen and oxygen atoms in total. The van der Waals surface area contributed by atoms with Crippen LogP contribution in [0.5, 0.6) is 0 Å². The van der Waals surface area contributed by atoms with Gasteiger partial charge in [0.1, 0.15) is 0 Å². The Morgan fingerprint density at radius 3 is 2.13 bits per heavy atom. The predicted octanol–water partition coefficient (Wildman–Crippen LogP) is 1.98. The summed E-state index contributed by atoms with van der Waals surface area (Å²) in [5, 5.41) is 0. The number of piperidine rings is 1. The molecule has 1 rings (SSSR count). The number of carbonyl (C=O) groups is 2. The third-order valence-electron chi connectivity index (χ3n) is 2.80. The first-order valence-electron chi connectivity index (χ1n) is 5.42.